The molecule has 0 N–H and O–H groups in total. The number of aryl methyl sites for hydroxylation is 2. The van der Waals surface area contributed by atoms with E-state index in [9.17, 15) is 8.42 Å². The Kier molecular flexibility index (Phi) is 5.27. The molecule has 0 bridgehead atoms. The first-order chi connectivity index (χ1) is 9.96. The standard InChI is InChI=1S/C16H25NO3S/c1-4-10-20-15-11-14(3)16(12-13(15)2)21(18,19)17-8-6-5-7-9-17/h11-12H,4-10H2,1-3H3. The van der Waals surface area contributed by atoms with Gasteiger partial charge in [-0.3, -0.25) is 0 Å². The SMILES string of the molecule is CCCOc1cc(C)c(S(=O)(=O)N2CCCCC2)cc1C. The minimum Gasteiger partial charge on any atom is -0.493 e. The lowest BCUT2D eigenvalue weighted by Gasteiger charge is -2.27. The fourth-order valence-electron chi connectivity index (χ4n) is 2.65. The first-order valence-corrected chi connectivity index (χ1v) is 9.15. The predicted octanol–water partition coefficient (Wildman–Crippen LogP) is 3.27. The molecule has 0 unspecified atom stereocenters. The first kappa shape index (κ1) is 16.3. The molecule has 21 heavy (non-hydrogen) atoms. The maximum Gasteiger partial charge on any atom is 0.243 e. The van der Waals surface area contributed by atoms with Gasteiger partial charge in [-0.2, -0.15) is 4.31 Å². The fourth-order valence-corrected chi connectivity index (χ4v) is 4.46. The van der Waals surface area contributed by atoms with Crippen molar-refractivity contribution < 1.29 is 13.2 Å². The fraction of sp³-hybridized carbons (Fsp3) is 0.625. The summed E-state index contributed by atoms with van der Waals surface area (Å²) < 4.78 is 32.8. The molecule has 0 saturated carbocycles. The average Bonchev–Trinajstić information content (AvgIpc) is 2.48. The Hall–Kier alpha value is -1.07. The van der Waals surface area contributed by atoms with Crippen LogP contribution in [0.15, 0.2) is 17.0 Å². The molecule has 1 aromatic rings. The summed E-state index contributed by atoms with van der Waals surface area (Å²) in [6.07, 6.45) is 3.96. The van der Waals surface area contributed by atoms with Gasteiger partial charge in [0.2, 0.25) is 10.0 Å². The lowest BCUT2D eigenvalue weighted by atomic mass is 10.1. The van der Waals surface area contributed by atoms with E-state index in [1.54, 1.807) is 10.4 Å². The molecule has 0 aromatic heterocycles. The summed E-state index contributed by atoms with van der Waals surface area (Å²) in [7, 11) is -3.37. The Morgan fingerprint density at radius 2 is 1.76 bits per heavy atom. The molecule has 1 aromatic carbocycles. The van der Waals surface area contributed by atoms with Crippen molar-refractivity contribution in [1.82, 2.24) is 4.31 Å². The van der Waals surface area contributed by atoms with Crippen molar-refractivity contribution >= 4 is 10.0 Å². The second-order valence-electron chi connectivity index (χ2n) is 5.70. The summed E-state index contributed by atoms with van der Waals surface area (Å²) >= 11 is 0. The summed E-state index contributed by atoms with van der Waals surface area (Å²) in [6, 6.07) is 3.60. The highest BCUT2D eigenvalue weighted by molar-refractivity contribution is 7.89. The highest BCUT2D eigenvalue weighted by atomic mass is 32.2. The molecule has 0 atom stereocenters. The van der Waals surface area contributed by atoms with Crippen LogP contribution in [0.1, 0.15) is 43.7 Å². The van der Waals surface area contributed by atoms with E-state index in [1.165, 1.54) is 0 Å². The molecule has 1 fully saturated rings. The van der Waals surface area contributed by atoms with E-state index in [-0.39, 0.29) is 0 Å². The quantitative estimate of drug-likeness (QED) is 0.838. The van der Waals surface area contributed by atoms with E-state index < -0.39 is 10.0 Å². The van der Waals surface area contributed by atoms with Crippen LogP contribution < -0.4 is 4.74 Å². The Morgan fingerprint density at radius 3 is 2.38 bits per heavy atom. The van der Waals surface area contributed by atoms with Crippen LogP contribution in [0.2, 0.25) is 0 Å². The Morgan fingerprint density at radius 1 is 1.10 bits per heavy atom. The van der Waals surface area contributed by atoms with Crippen LogP contribution >= 0.6 is 0 Å². The highest BCUT2D eigenvalue weighted by Crippen LogP contribution is 2.29. The van der Waals surface area contributed by atoms with Crippen LogP contribution in [0.25, 0.3) is 0 Å². The van der Waals surface area contributed by atoms with Gasteiger partial charge in [-0.1, -0.05) is 13.3 Å². The van der Waals surface area contributed by atoms with Crippen molar-refractivity contribution in [2.24, 2.45) is 0 Å². The van der Waals surface area contributed by atoms with Crippen LogP contribution in [0, 0.1) is 13.8 Å². The molecular formula is C16H25NO3S. The number of nitrogens with zero attached hydrogens (tertiary/aromatic N) is 1. The van der Waals surface area contributed by atoms with Gasteiger partial charge in [0, 0.05) is 13.1 Å². The monoisotopic (exact) mass is 311 g/mol. The zero-order chi connectivity index (χ0) is 15.5. The van der Waals surface area contributed by atoms with Gasteiger partial charge in [0.15, 0.2) is 0 Å². The largest absolute Gasteiger partial charge is 0.493 e. The normalized spacial score (nSPS) is 16.9. The van der Waals surface area contributed by atoms with E-state index in [2.05, 4.69) is 6.92 Å². The van der Waals surface area contributed by atoms with Crippen molar-refractivity contribution in [3.63, 3.8) is 0 Å². The second-order valence-corrected chi connectivity index (χ2v) is 7.60. The first-order valence-electron chi connectivity index (χ1n) is 7.71. The van der Waals surface area contributed by atoms with Gasteiger partial charge in [0.05, 0.1) is 11.5 Å². The Labute approximate surface area is 128 Å². The van der Waals surface area contributed by atoms with Gasteiger partial charge in [0.1, 0.15) is 5.75 Å². The number of rotatable bonds is 5. The van der Waals surface area contributed by atoms with Gasteiger partial charge >= 0.3 is 0 Å². The molecule has 2 rings (SSSR count). The molecule has 5 heteroatoms. The maximum atomic E-state index is 12.8. The van der Waals surface area contributed by atoms with Gasteiger partial charge < -0.3 is 4.74 Å². The van der Waals surface area contributed by atoms with Crippen molar-refractivity contribution in [2.75, 3.05) is 19.7 Å². The van der Waals surface area contributed by atoms with E-state index in [4.69, 9.17) is 4.74 Å². The van der Waals surface area contributed by atoms with Crippen LogP contribution in [-0.4, -0.2) is 32.4 Å². The third kappa shape index (κ3) is 3.58. The summed E-state index contributed by atoms with van der Waals surface area (Å²) in [5, 5.41) is 0. The van der Waals surface area contributed by atoms with Crippen molar-refractivity contribution in [3.8, 4) is 5.75 Å². The molecule has 0 spiro atoms. The van der Waals surface area contributed by atoms with Crippen LogP contribution in [0.3, 0.4) is 0 Å². The topological polar surface area (TPSA) is 46.6 Å². The predicted molar refractivity (Wildman–Crippen MR) is 84.3 cm³/mol. The summed E-state index contributed by atoms with van der Waals surface area (Å²) in [5.74, 6) is 0.784. The molecule has 4 nitrogen and oxygen atoms in total. The lowest BCUT2D eigenvalue weighted by molar-refractivity contribution is 0.314. The third-order valence-electron chi connectivity index (χ3n) is 3.87. The molecule has 0 amide bonds. The number of ether oxygens (including phenoxy) is 1. The Bertz CT molecular complexity index is 590. The minimum atomic E-state index is -3.37. The van der Waals surface area contributed by atoms with E-state index >= 15 is 0 Å². The smallest absolute Gasteiger partial charge is 0.243 e. The number of piperidine rings is 1. The van der Waals surface area contributed by atoms with E-state index in [0.717, 1.165) is 42.6 Å². The molecule has 0 aliphatic carbocycles. The average molecular weight is 311 g/mol. The van der Waals surface area contributed by atoms with E-state index in [0.29, 0.717) is 24.6 Å². The highest BCUT2D eigenvalue weighted by Gasteiger charge is 2.27. The summed E-state index contributed by atoms with van der Waals surface area (Å²) in [6.45, 7) is 7.72. The van der Waals surface area contributed by atoms with Crippen molar-refractivity contribution in [3.05, 3.63) is 23.3 Å². The van der Waals surface area contributed by atoms with Crippen LogP contribution in [0.4, 0.5) is 0 Å². The number of hydrogen-bond donors (Lipinski definition) is 0. The number of sulfonamides is 1. The zero-order valence-corrected chi connectivity index (χ0v) is 14.0. The summed E-state index contributed by atoms with van der Waals surface area (Å²) in [4.78, 5) is 0.422. The maximum absolute atomic E-state index is 12.8. The second kappa shape index (κ2) is 6.79. The summed E-state index contributed by atoms with van der Waals surface area (Å²) in [5.41, 5.74) is 1.64. The van der Waals surface area contributed by atoms with Crippen molar-refractivity contribution in [2.45, 2.75) is 51.3 Å². The molecule has 0 radical (unpaired) electrons. The molecule has 1 heterocycles. The minimum absolute atomic E-state index is 0.422. The van der Waals surface area contributed by atoms with Gasteiger partial charge in [-0.15, -0.1) is 0 Å². The number of hydrogen-bond acceptors (Lipinski definition) is 3. The van der Waals surface area contributed by atoms with Crippen molar-refractivity contribution in [1.29, 1.82) is 0 Å². The molecule has 118 valence electrons. The van der Waals surface area contributed by atoms with Gasteiger partial charge in [0.25, 0.3) is 0 Å². The van der Waals surface area contributed by atoms with Gasteiger partial charge in [-0.05, 0) is 56.4 Å². The molecule has 1 aliphatic rings. The Balaban J connectivity index is 2.32. The molecule has 1 aliphatic heterocycles. The van der Waals surface area contributed by atoms with Crippen LogP contribution in [0.5, 0.6) is 5.75 Å². The zero-order valence-electron chi connectivity index (χ0n) is 13.2. The van der Waals surface area contributed by atoms with Crippen LogP contribution in [-0.2, 0) is 10.0 Å². The van der Waals surface area contributed by atoms with E-state index in [1.807, 2.05) is 19.9 Å². The molecule has 1 saturated heterocycles. The third-order valence-corrected chi connectivity index (χ3v) is 5.91. The lowest BCUT2D eigenvalue weighted by Crippen LogP contribution is -2.36. The van der Waals surface area contributed by atoms with Gasteiger partial charge in [-0.25, -0.2) is 8.42 Å². The molecular weight excluding hydrogens is 286 g/mol. The number of benzene rings is 1.